The smallest absolute Gasteiger partial charge is 0.410 e. The van der Waals surface area contributed by atoms with Gasteiger partial charge in [0.15, 0.2) is 0 Å². The van der Waals surface area contributed by atoms with Crippen LogP contribution >= 0.6 is 0 Å². The van der Waals surface area contributed by atoms with E-state index in [4.69, 9.17) is 9.26 Å². The van der Waals surface area contributed by atoms with Crippen LogP contribution in [0.1, 0.15) is 39.5 Å². The van der Waals surface area contributed by atoms with Crippen molar-refractivity contribution in [1.29, 1.82) is 0 Å². The number of benzene rings is 1. The van der Waals surface area contributed by atoms with Crippen molar-refractivity contribution in [2.24, 2.45) is 0 Å². The van der Waals surface area contributed by atoms with Gasteiger partial charge in [0, 0.05) is 31.7 Å². The number of hydrogen-bond acceptors (Lipinski definition) is 6. The van der Waals surface area contributed by atoms with E-state index in [0.717, 1.165) is 25.9 Å². The van der Waals surface area contributed by atoms with Crippen molar-refractivity contribution in [3.05, 3.63) is 36.0 Å². The molecule has 8 heteroatoms. The van der Waals surface area contributed by atoms with Gasteiger partial charge in [0.2, 0.25) is 11.7 Å². The zero-order valence-electron chi connectivity index (χ0n) is 16.8. The van der Waals surface area contributed by atoms with Crippen LogP contribution in [0.5, 0.6) is 0 Å². The highest BCUT2D eigenvalue weighted by molar-refractivity contribution is 5.68. The van der Waals surface area contributed by atoms with E-state index in [0.29, 0.717) is 23.8 Å². The topological polar surface area (TPSA) is 71.7 Å². The molecule has 0 N–H and O–H groups in total. The third kappa shape index (κ3) is 5.28. The van der Waals surface area contributed by atoms with E-state index in [-0.39, 0.29) is 18.0 Å². The van der Waals surface area contributed by atoms with E-state index in [1.54, 1.807) is 24.1 Å². The Morgan fingerprint density at radius 1 is 1.29 bits per heavy atom. The van der Waals surface area contributed by atoms with Gasteiger partial charge in [0.25, 0.3) is 0 Å². The Hall–Kier alpha value is -2.48. The summed E-state index contributed by atoms with van der Waals surface area (Å²) in [6, 6.07) is 6.15. The summed E-state index contributed by atoms with van der Waals surface area (Å²) in [4.78, 5) is 20.5. The highest BCUT2D eigenvalue weighted by atomic mass is 19.1. The molecule has 2 heterocycles. The van der Waals surface area contributed by atoms with Gasteiger partial charge in [-0.1, -0.05) is 5.16 Å². The van der Waals surface area contributed by atoms with E-state index in [9.17, 15) is 9.18 Å². The van der Waals surface area contributed by atoms with Crippen LogP contribution in [0.15, 0.2) is 28.8 Å². The van der Waals surface area contributed by atoms with Crippen LogP contribution in [0.25, 0.3) is 11.4 Å². The third-order valence-corrected chi connectivity index (χ3v) is 4.72. The average molecular weight is 390 g/mol. The molecule has 0 spiro atoms. The summed E-state index contributed by atoms with van der Waals surface area (Å²) in [5.74, 6) is 0.680. The fraction of sp³-hybridized carbons (Fsp3) is 0.550. The van der Waals surface area contributed by atoms with Crippen molar-refractivity contribution in [2.45, 2.75) is 51.8 Å². The molecule has 0 aliphatic carbocycles. The average Bonchev–Trinajstić information content (AvgIpc) is 3.09. The van der Waals surface area contributed by atoms with Gasteiger partial charge in [-0.05, 0) is 57.9 Å². The molecule has 1 aromatic carbocycles. The maximum absolute atomic E-state index is 13.0. The third-order valence-electron chi connectivity index (χ3n) is 4.72. The van der Waals surface area contributed by atoms with Crippen molar-refractivity contribution in [3.8, 4) is 11.4 Å². The summed E-state index contributed by atoms with van der Waals surface area (Å²) in [7, 11) is 1.79. The van der Waals surface area contributed by atoms with Crippen LogP contribution in [0, 0.1) is 5.82 Å². The molecule has 2 aromatic rings. The Bertz CT molecular complexity index is 793. The molecule has 1 saturated heterocycles. The Kier molecular flexibility index (Phi) is 5.98. The molecule has 28 heavy (non-hydrogen) atoms. The number of ether oxygens (including phenoxy) is 1. The molecule has 0 bridgehead atoms. The molecule has 0 radical (unpaired) electrons. The first kappa shape index (κ1) is 20.3. The summed E-state index contributed by atoms with van der Waals surface area (Å²) >= 11 is 0. The lowest BCUT2D eigenvalue weighted by atomic mass is 10.0. The van der Waals surface area contributed by atoms with Gasteiger partial charge in [0.1, 0.15) is 11.4 Å². The van der Waals surface area contributed by atoms with E-state index < -0.39 is 5.60 Å². The number of piperidine rings is 1. The molecule has 152 valence electrons. The number of carbonyl (C=O) groups is 1. The monoisotopic (exact) mass is 390 g/mol. The Balaban J connectivity index is 1.51. The molecule has 1 fully saturated rings. The number of hydrogen-bond donors (Lipinski definition) is 0. The predicted octanol–water partition coefficient (Wildman–Crippen LogP) is 3.71. The van der Waals surface area contributed by atoms with Crippen molar-refractivity contribution >= 4 is 6.09 Å². The molecule has 1 aliphatic heterocycles. The predicted molar refractivity (Wildman–Crippen MR) is 102 cm³/mol. The zero-order chi connectivity index (χ0) is 20.3. The molecule has 0 saturated carbocycles. The minimum Gasteiger partial charge on any atom is -0.444 e. The van der Waals surface area contributed by atoms with Gasteiger partial charge in [0.05, 0.1) is 6.54 Å². The number of halogens is 1. The van der Waals surface area contributed by atoms with Crippen LogP contribution in [-0.4, -0.2) is 57.8 Å². The Morgan fingerprint density at radius 3 is 2.54 bits per heavy atom. The summed E-state index contributed by atoms with van der Waals surface area (Å²) in [6.07, 6.45) is 1.43. The number of likely N-dealkylation sites (tertiary alicyclic amines) is 1. The summed E-state index contributed by atoms with van der Waals surface area (Å²) < 4.78 is 23.8. The molecule has 0 atom stereocenters. The molecule has 7 nitrogen and oxygen atoms in total. The number of rotatable bonds is 4. The van der Waals surface area contributed by atoms with Gasteiger partial charge in [-0.15, -0.1) is 0 Å². The maximum atomic E-state index is 13.0. The molecule has 1 aromatic heterocycles. The van der Waals surface area contributed by atoms with E-state index in [2.05, 4.69) is 15.0 Å². The van der Waals surface area contributed by atoms with Gasteiger partial charge in [-0.3, -0.25) is 4.90 Å². The first-order valence-corrected chi connectivity index (χ1v) is 9.48. The molecular weight excluding hydrogens is 363 g/mol. The van der Waals surface area contributed by atoms with Crippen LogP contribution in [-0.2, 0) is 11.3 Å². The van der Waals surface area contributed by atoms with Crippen LogP contribution in [0.4, 0.5) is 9.18 Å². The summed E-state index contributed by atoms with van der Waals surface area (Å²) in [6.45, 7) is 7.80. The molecule has 1 amide bonds. The van der Waals surface area contributed by atoms with Crippen molar-refractivity contribution in [2.75, 3.05) is 20.1 Å². The first-order chi connectivity index (χ1) is 13.2. The van der Waals surface area contributed by atoms with Crippen molar-refractivity contribution in [1.82, 2.24) is 19.9 Å². The maximum Gasteiger partial charge on any atom is 0.410 e. The second kappa shape index (κ2) is 8.26. The quantitative estimate of drug-likeness (QED) is 0.793. The fourth-order valence-corrected chi connectivity index (χ4v) is 3.17. The molecule has 0 unspecified atom stereocenters. The lowest BCUT2D eigenvalue weighted by Gasteiger charge is -2.36. The SMILES string of the molecule is CN(C(=O)OC(C)(C)C)C1CCN(Cc2nc(-c3ccc(F)cc3)no2)CC1. The summed E-state index contributed by atoms with van der Waals surface area (Å²) in [5.41, 5.74) is 0.223. The largest absolute Gasteiger partial charge is 0.444 e. The minimum atomic E-state index is -0.494. The summed E-state index contributed by atoms with van der Waals surface area (Å²) in [5, 5.41) is 3.98. The number of nitrogens with zero attached hydrogens (tertiary/aromatic N) is 4. The minimum absolute atomic E-state index is 0.156. The molecule has 3 rings (SSSR count). The Morgan fingerprint density at radius 2 is 1.93 bits per heavy atom. The second-order valence-electron chi connectivity index (χ2n) is 8.12. The fourth-order valence-electron chi connectivity index (χ4n) is 3.17. The van der Waals surface area contributed by atoms with E-state index in [1.165, 1.54) is 12.1 Å². The number of amides is 1. The Labute approximate surface area is 164 Å². The van der Waals surface area contributed by atoms with Crippen LogP contribution < -0.4 is 0 Å². The zero-order valence-corrected chi connectivity index (χ0v) is 16.8. The van der Waals surface area contributed by atoms with Gasteiger partial charge in [-0.25, -0.2) is 9.18 Å². The highest BCUT2D eigenvalue weighted by Gasteiger charge is 2.29. The van der Waals surface area contributed by atoms with Gasteiger partial charge >= 0.3 is 6.09 Å². The van der Waals surface area contributed by atoms with Crippen LogP contribution in [0.3, 0.4) is 0 Å². The lowest BCUT2D eigenvalue weighted by molar-refractivity contribution is 0.0144. The number of aromatic nitrogens is 2. The standard InChI is InChI=1S/C20H27FN4O3/c1-20(2,3)27-19(26)24(4)16-9-11-25(12-10-16)13-17-22-18(23-28-17)14-5-7-15(21)8-6-14/h5-8,16H,9-13H2,1-4H3. The van der Waals surface area contributed by atoms with Crippen LogP contribution in [0.2, 0.25) is 0 Å². The molecular formula is C20H27FN4O3. The van der Waals surface area contributed by atoms with Crippen molar-refractivity contribution in [3.63, 3.8) is 0 Å². The van der Waals surface area contributed by atoms with Gasteiger partial charge < -0.3 is 14.2 Å². The lowest BCUT2D eigenvalue weighted by Crippen LogP contribution is -2.46. The molecule has 1 aliphatic rings. The van der Waals surface area contributed by atoms with E-state index >= 15 is 0 Å². The highest BCUT2D eigenvalue weighted by Crippen LogP contribution is 2.21. The van der Waals surface area contributed by atoms with Crippen molar-refractivity contribution < 1.29 is 18.4 Å². The van der Waals surface area contributed by atoms with E-state index in [1.807, 2.05) is 20.8 Å². The van der Waals surface area contributed by atoms with Gasteiger partial charge in [-0.2, -0.15) is 4.98 Å². The second-order valence-corrected chi connectivity index (χ2v) is 8.12. The number of carbonyl (C=O) groups excluding carboxylic acids is 1. The first-order valence-electron chi connectivity index (χ1n) is 9.48. The normalized spacial score (nSPS) is 16.2.